The van der Waals surface area contributed by atoms with Crippen LogP contribution in [0, 0.1) is 0 Å². The lowest BCUT2D eigenvalue weighted by Crippen LogP contribution is -2.60. The third kappa shape index (κ3) is 37.8. The molecule has 0 aliphatic carbocycles. The number of unbranched alkanes of at least 4 members (excludes halogenated alkanes) is 17. The lowest BCUT2D eigenvalue weighted by atomic mass is 9.99. The van der Waals surface area contributed by atoms with Crippen molar-refractivity contribution >= 4 is 16.4 Å². The van der Waals surface area contributed by atoms with Gasteiger partial charge in [0.25, 0.3) is 0 Å². The molecule has 1 aliphatic heterocycles. The van der Waals surface area contributed by atoms with E-state index in [2.05, 4.69) is 103 Å². The van der Waals surface area contributed by atoms with E-state index in [9.17, 15) is 33.1 Å². The lowest BCUT2D eigenvalue weighted by molar-refractivity contribution is -0.301. The number of hydrogen-bond donors (Lipinski definition) is 4. The molecule has 0 bridgehead atoms. The van der Waals surface area contributed by atoms with Gasteiger partial charge in [-0.15, -0.1) is 0 Å². The number of rotatable bonds is 44. The van der Waals surface area contributed by atoms with E-state index in [1.165, 1.54) is 51.4 Å². The van der Waals surface area contributed by atoms with Gasteiger partial charge >= 0.3 is 16.4 Å². The molecule has 1 heterocycles. The van der Waals surface area contributed by atoms with E-state index in [0.29, 0.717) is 13.0 Å². The van der Waals surface area contributed by atoms with E-state index < -0.39 is 59.8 Å². The predicted octanol–water partition coefficient (Wildman–Crippen LogP) is 12.0. The van der Waals surface area contributed by atoms with Crippen molar-refractivity contribution < 1.29 is 56.2 Å². The van der Waals surface area contributed by atoms with E-state index in [0.717, 1.165) is 109 Å². The van der Waals surface area contributed by atoms with Crippen LogP contribution >= 0.6 is 0 Å². The van der Waals surface area contributed by atoms with Gasteiger partial charge < -0.3 is 34.3 Å². The molecular formula is C54H92O12S. The van der Waals surface area contributed by atoms with Crippen LogP contribution in [0.2, 0.25) is 0 Å². The Kier molecular flexibility index (Phi) is 41.4. The molecule has 0 aromatic carbocycles. The molecule has 0 aromatic rings. The van der Waals surface area contributed by atoms with Crippen LogP contribution < -0.4 is 0 Å². The highest BCUT2D eigenvalue weighted by atomic mass is 32.3. The van der Waals surface area contributed by atoms with E-state index in [4.69, 9.17) is 18.9 Å². The van der Waals surface area contributed by atoms with Crippen LogP contribution in [0.5, 0.6) is 0 Å². The standard InChI is InChI=1S/C54H92O12S/c1-3-5-7-9-11-13-15-17-19-21-23-24-25-26-28-30-32-34-36-38-40-42-44-62-46-48(47-63-54-52(58)53(66-67(59,60)61)51(57)49(45-55)65-54)64-50(56)43-41-39-37-35-33-31-29-27-22-20-18-16-14-12-10-8-6-4-2/h5,7,11,13-14,16-17,19-20,22-24,26,28,48-49,51-55,57-58H,3-4,6,8-10,12,15,18,21,25,27,29-47H2,1-2H3,(H,59,60,61)/b7-5-,13-11-,16-14-,19-17-,22-20-,24-23-,28-26-. The summed E-state index contributed by atoms with van der Waals surface area (Å²) in [5.41, 5.74) is 0. The summed E-state index contributed by atoms with van der Waals surface area (Å²) in [6.45, 7) is 3.81. The molecule has 0 radical (unpaired) electrons. The maximum Gasteiger partial charge on any atom is 0.397 e. The van der Waals surface area contributed by atoms with Crippen molar-refractivity contribution in [1.82, 2.24) is 0 Å². The first kappa shape index (κ1) is 62.3. The van der Waals surface area contributed by atoms with Gasteiger partial charge in [-0.05, 0) is 89.9 Å². The zero-order chi connectivity index (χ0) is 48.9. The molecule has 6 atom stereocenters. The van der Waals surface area contributed by atoms with Crippen LogP contribution in [0.25, 0.3) is 0 Å². The van der Waals surface area contributed by atoms with Gasteiger partial charge in [-0.3, -0.25) is 9.35 Å². The zero-order valence-electron chi connectivity index (χ0n) is 41.4. The number of aliphatic hydroxyl groups is 3. The third-order valence-corrected chi connectivity index (χ3v) is 11.7. The quantitative estimate of drug-likeness (QED) is 0.0197. The van der Waals surface area contributed by atoms with E-state index >= 15 is 0 Å². The molecule has 0 saturated carbocycles. The van der Waals surface area contributed by atoms with Crippen molar-refractivity contribution in [3.05, 3.63) is 85.1 Å². The fourth-order valence-corrected chi connectivity index (χ4v) is 7.88. The summed E-state index contributed by atoms with van der Waals surface area (Å²) >= 11 is 0. The summed E-state index contributed by atoms with van der Waals surface area (Å²) in [6, 6.07) is 0. The van der Waals surface area contributed by atoms with Gasteiger partial charge in [-0.25, -0.2) is 4.18 Å². The summed E-state index contributed by atoms with van der Waals surface area (Å²) in [5, 5.41) is 30.8. The first-order valence-electron chi connectivity index (χ1n) is 25.8. The van der Waals surface area contributed by atoms with Gasteiger partial charge in [0.15, 0.2) is 6.29 Å². The van der Waals surface area contributed by atoms with Crippen LogP contribution in [0.4, 0.5) is 0 Å². The summed E-state index contributed by atoms with van der Waals surface area (Å²) in [5.74, 6) is -0.416. The minimum absolute atomic E-state index is 0.0177. The monoisotopic (exact) mass is 965 g/mol. The average molecular weight is 965 g/mol. The van der Waals surface area contributed by atoms with Crippen LogP contribution in [-0.4, -0.2) is 97.5 Å². The SMILES string of the molecule is CC/C=C\C/C=C\C/C=C\C/C=C\C/C=C\CCCCCCCCOCC(COC1OC(CO)C(O)C(OS(=O)(=O)O)C1O)OC(=O)CCCCCCCCC/C=C\C/C=C\CCCCCC. The van der Waals surface area contributed by atoms with Gasteiger partial charge in [-0.2, -0.15) is 8.42 Å². The molecule has 13 heteroatoms. The maximum atomic E-state index is 12.9. The van der Waals surface area contributed by atoms with Gasteiger partial charge in [0.05, 0.1) is 19.8 Å². The van der Waals surface area contributed by atoms with Crippen LogP contribution in [0.3, 0.4) is 0 Å². The second-order valence-electron chi connectivity index (χ2n) is 17.4. The Morgan fingerprint density at radius 3 is 1.51 bits per heavy atom. The number of aliphatic hydroxyl groups excluding tert-OH is 3. The molecule has 0 amide bonds. The van der Waals surface area contributed by atoms with Gasteiger partial charge in [0.2, 0.25) is 0 Å². The minimum atomic E-state index is -5.07. The van der Waals surface area contributed by atoms with Gasteiger partial charge in [-0.1, -0.05) is 176 Å². The molecule has 12 nitrogen and oxygen atoms in total. The van der Waals surface area contributed by atoms with E-state index in [1.54, 1.807) is 0 Å². The molecule has 0 spiro atoms. The first-order valence-corrected chi connectivity index (χ1v) is 27.2. The minimum Gasteiger partial charge on any atom is -0.457 e. The first-order chi connectivity index (χ1) is 32.6. The molecule has 1 fully saturated rings. The van der Waals surface area contributed by atoms with Crippen LogP contribution in [0.15, 0.2) is 85.1 Å². The zero-order valence-corrected chi connectivity index (χ0v) is 42.2. The maximum absolute atomic E-state index is 12.9. The molecule has 1 rings (SSSR count). The fourth-order valence-electron chi connectivity index (χ4n) is 7.38. The van der Waals surface area contributed by atoms with Crippen molar-refractivity contribution in [2.75, 3.05) is 26.4 Å². The van der Waals surface area contributed by atoms with Gasteiger partial charge in [0, 0.05) is 13.0 Å². The Morgan fingerprint density at radius 2 is 1.03 bits per heavy atom. The highest BCUT2D eigenvalue weighted by Gasteiger charge is 2.48. The summed E-state index contributed by atoms with van der Waals surface area (Å²) in [7, 11) is -5.07. The molecule has 67 heavy (non-hydrogen) atoms. The normalized spacial score (nSPS) is 20.1. The van der Waals surface area contributed by atoms with Crippen LogP contribution in [-0.2, 0) is 38.3 Å². The number of esters is 1. The molecule has 386 valence electrons. The largest absolute Gasteiger partial charge is 0.457 e. The molecule has 0 aromatic heterocycles. The van der Waals surface area contributed by atoms with E-state index in [1.807, 2.05) is 0 Å². The van der Waals surface area contributed by atoms with Gasteiger partial charge in [0.1, 0.15) is 30.5 Å². The Labute approximate surface area is 406 Å². The van der Waals surface area contributed by atoms with Crippen molar-refractivity contribution in [1.29, 1.82) is 0 Å². The molecule has 1 aliphatic rings. The number of allylic oxidation sites excluding steroid dienone is 14. The number of carbonyl (C=O) groups is 1. The Morgan fingerprint density at radius 1 is 0.582 bits per heavy atom. The second-order valence-corrected chi connectivity index (χ2v) is 18.4. The van der Waals surface area contributed by atoms with Crippen LogP contribution in [0.1, 0.15) is 187 Å². The average Bonchev–Trinajstić information content (AvgIpc) is 3.30. The highest BCUT2D eigenvalue weighted by Crippen LogP contribution is 2.26. The third-order valence-electron chi connectivity index (χ3n) is 11.3. The highest BCUT2D eigenvalue weighted by molar-refractivity contribution is 7.80. The topological polar surface area (TPSA) is 178 Å². The Bertz CT molecular complexity index is 1490. The molecule has 1 saturated heterocycles. The van der Waals surface area contributed by atoms with Crippen molar-refractivity contribution in [3.63, 3.8) is 0 Å². The molecular weight excluding hydrogens is 873 g/mol. The summed E-state index contributed by atoms with van der Waals surface area (Å²) < 4.78 is 59.3. The molecule has 6 unspecified atom stereocenters. The number of hydrogen-bond acceptors (Lipinski definition) is 11. The summed E-state index contributed by atoms with van der Waals surface area (Å²) in [6.07, 6.45) is 50.3. The van der Waals surface area contributed by atoms with Crippen molar-refractivity contribution in [2.45, 2.75) is 224 Å². The van der Waals surface area contributed by atoms with Crippen molar-refractivity contribution in [3.8, 4) is 0 Å². The van der Waals surface area contributed by atoms with Crippen molar-refractivity contribution in [2.24, 2.45) is 0 Å². The summed E-state index contributed by atoms with van der Waals surface area (Å²) in [4.78, 5) is 12.9. The Balaban J connectivity index is 2.39. The fraction of sp³-hybridized carbons (Fsp3) is 0.722. The predicted molar refractivity (Wildman–Crippen MR) is 271 cm³/mol. The second kappa shape index (κ2) is 44.5. The number of carbonyl (C=O) groups excluding carboxylic acids is 1. The smallest absolute Gasteiger partial charge is 0.397 e. The van der Waals surface area contributed by atoms with E-state index in [-0.39, 0.29) is 19.6 Å². The number of ether oxygens (including phenoxy) is 4. The lowest BCUT2D eigenvalue weighted by Gasteiger charge is -2.41. The Hall–Kier alpha value is -2.72. The molecule has 4 N–H and O–H groups in total.